The van der Waals surface area contributed by atoms with Crippen molar-refractivity contribution in [3.63, 3.8) is 0 Å². The summed E-state index contributed by atoms with van der Waals surface area (Å²) in [5.74, 6) is 0.126. The maximum atomic E-state index is 14.3. The van der Waals surface area contributed by atoms with Crippen molar-refractivity contribution in [1.29, 1.82) is 0 Å². The van der Waals surface area contributed by atoms with Crippen molar-refractivity contribution in [3.8, 4) is 11.5 Å². The molecule has 0 aromatic heterocycles. The van der Waals surface area contributed by atoms with E-state index >= 15 is 0 Å². The second-order valence-electron chi connectivity index (χ2n) is 10.7. The first-order valence-corrected chi connectivity index (χ1v) is 15.8. The fourth-order valence-corrected chi connectivity index (χ4v) is 5.76. The first-order chi connectivity index (χ1) is 20.1. The van der Waals surface area contributed by atoms with E-state index in [-0.39, 0.29) is 43.0 Å². The van der Waals surface area contributed by atoms with E-state index in [0.717, 1.165) is 21.0 Å². The van der Waals surface area contributed by atoms with Gasteiger partial charge in [-0.25, -0.2) is 8.42 Å². The normalized spacial score (nSPS) is 13.1. The highest BCUT2D eigenvalue weighted by Crippen LogP contribution is 2.36. The van der Waals surface area contributed by atoms with Crippen LogP contribution in [0, 0.1) is 12.8 Å². The van der Waals surface area contributed by atoms with Gasteiger partial charge >= 0.3 is 0 Å². The predicted molar refractivity (Wildman–Crippen MR) is 163 cm³/mol. The zero-order valence-electron chi connectivity index (χ0n) is 24.6. The van der Waals surface area contributed by atoms with Crippen molar-refractivity contribution in [2.75, 3.05) is 29.9 Å². The van der Waals surface area contributed by atoms with Crippen molar-refractivity contribution in [3.05, 3.63) is 89.5 Å². The van der Waals surface area contributed by atoms with Crippen molar-refractivity contribution in [2.45, 2.75) is 46.7 Å². The molecule has 1 aliphatic heterocycles. The Balaban J connectivity index is 1.75. The number of carbonyl (C=O) groups is 2. The Labute approximate surface area is 248 Å². The molecule has 3 aromatic rings. The van der Waals surface area contributed by atoms with Gasteiger partial charge in [-0.15, -0.1) is 0 Å². The largest absolute Gasteiger partial charge is 0.454 e. The summed E-state index contributed by atoms with van der Waals surface area (Å²) < 4.78 is 38.6. The molecule has 4 rings (SSSR count). The fourth-order valence-electron chi connectivity index (χ4n) is 4.71. The van der Waals surface area contributed by atoms with Crippen LogP contribution in [0.1, 0.15) is 37.5 Å². The van der Waals surface area contributed by atoms with Crippen LogP contribution in [0.3, 0.4) is 0 Å². The number of benzene rings is 3. The number of nitrogens with zero attached hydrogens (tertiary/aromatic N) is 2. The topological polar surface area (TPSA) is 105 Å². The number of aryl methyl sites for hydroxylation is 1. The summed E-state index contributed by atoms with van der Waals surface area (Å²) in [5, 5.41) is 3.00. The Morgan fingerprint density at radius 3 is 2.33 bits per heavy atom. The molecule has 0 saturated heterocycles. The molecule has 2 amide bonds. The van der Waals surface area contributed by atoms with Gasteiger partial charge in [-0.1, -0.05) is 68.4 Å². The minimum absolute atomic E-state index is 0.0368. The number of hydrogen-bond donors (Lipinski definition) is 1. The molecule has 224 valence electrons. The standard InChI is InChI=1S/C32H39N3O6S/c1-5-42(38,39)35(27-15-16-29-30(18-27)41-22-40-29)21-31(36)34(20-26-14-10-9-11-24(26)4)28(32(37)33-19-23(2)3)17-25-12-7-6-8-13-25/h6-16,18,23,28H,5,17,19-22H2,1-4H3,(H,33,37)/t28-/m0/s1. The Morgan fingerprint density at radius 2 is 1.64 bits per heavy atom. The Kier molecular flexibility index (Phi) is 10.1. The second kappa shape index (κ2) is 13.7. The van der Waals surface area contributed by atoms with Crippen molar-refractivity contribution < 1.29 is 27.5 Å². The third-order valence-corrected chi connectivity index (χ3v) is 8.92. The quantitative estimate of drug-likeness (QED) is 0.317. The first-order valence-electron chi connectivity index (χ1n) is 14.1. The van der Waals surface area contributed by atoms with Crippen LogP contribution in [0.15, 0.2) is 72.8 Å². The average molecular weight is 594 g/mol. The van der Waals surface area contributed by atoms with Gasteiger partial charge in [-0.2, -0.15) is 0 Å². The number of amides is 2. The van der Waals surface area contributed by atoms with Crippen molar-refractivity contribution in [2.24, 2.45) is 5.92 Å². The van der Waals surface area contributed by atoms with Crippen molar-refractivity contribution >= 4 is 27.5 Å². The summed E-state index contributed by atoms with van der Waals surface area (Å²) in [7, 11) is -3.88. The number of sulfonamides is 1. The number of nitrogens with one attached hydrogen (secondary N) is 1. The molecule has 0 spiro atoms. The van der Waals surface area contributed by atoms with Crippen LogP contribution >= 0.6 is 0 Å². The van der Waals surface area contributed by atoms with Gasteiger partial charge < -0.3 is 19.7 Å². The van der Waals surface area contributed by atoms with Gasteiger partial charge in [-0.3, -0.25) is 13.9 Å². The lowest BCUT2D eigenvalue weighted by Crippen LogP contribution is -2.54. The van der Waals surface area contributed by atoms with Crippen LogP contribution in [-0.4, -0.2) is 56.8 Å². The highest BCUT2D eigenvalue weighted by Gasteiger charge is 2.34. The zero-order valence-corrected chi connectivity index (χ0v) is 25.4. The van der Waals surface area contributed by atoms with E-state index in [1.54, 1.807) is 18.2 Å². The van der Waals surface area contributed by atoms with Gasteiger partial charge in [0.25, 0.3) is 0 Å². The van der Waals surface area contributed by atoms with E-state index in [9.17, 15) is 18.0 Å². The summed E-state index contributed by atoms with van der Waals surface area (Å²) in [5.41, 5.74) is 3.01. The molecule has 0 fully saturated rings. The Morgan fingerprint density at radius 1 is 0.952 bits per heavy atom. The molecule has 1 aliphatic rings. The van der Waals surface area contributed by atoms with E-state index in [4.69, 9.17) is 9.47 Å². The highest BCUT2D eigenvalue weighted by molar-refractivity contribution is 7.92. The molecule has 0 unspecified atom stereocenters. The van der Waals surface area contributed by atoms with Gasteiger partial charge in [0, 0.05) is 25.6 Å². The predicted octanol–water partition coefficient (Wildman–Crippen LogP) is 4.29. The number of carbonyl (C=O) groups excluding carboxylic acids is 2. The van der Waals surface area contributed by atoms with E-state index in [1.807, 2.05) is 75.4 Å². The van der Waals surface area contributed by atoms with Gasteiger partial charge in [-0.05, 0) is 48.6 Å². The fraction of sp³-hybridized carbons (Fsp3) is 0.375. The number of anilines is 1. The molecule has 10 heteroatoms. The molecular weight excluding hydrogens is 554 g/mol. The molecule has 9 nitrogen and oxygen atoms in total. The summed E-state index contributed by atoms with van der Waals surface area (Å²) in [6, 6.07) is 21.1. The maximum absolute atomic E-state index is 14.3. The highest BCUT2D eigenvalue weighted by atomic mass is 32.2. The summed E-state index contributed by atoms with van der Waals surface area (Å²) >= 11 is 0. The van der Waals surface area contributed by atoms with Crippen LogP contribution in [0.5, 0.6) is 11.5 Å². The molecule has 42 heavy (non-hydrogen) atoms. The molecule has 1 atom stereocenters. The Hall–Kier alpha value is -4.05. The lowest BCUT2D eigenvalue weighted by atomic mass is 10.0. The molecule has 0 saturated carbocycles. The SMILES string of the molecule is CCS(=O)(=O)N(CC(=O)N(Cc1ccccc1C)[C@@H](Cc1ccccc1)C(=O)NCC(C)C)c1ccc2c(c1)OCO2. The van der Waals surface area contributed by atoms with E-state index in [2.05, 4.69) is 5.32 Å². The second-order valence-corrected chi connectivity index (χ2v) is 12.9. The third-order valence-electron chi connectivity index (χ3n) is 7.18. The third kappa shape index (κ3) is 7.61. The Bertz CT molecular complexity index is 1490. The number of fused-ring (bicyclic) bond motifs is 1. The molecule has 3 aromatic carbocycles. The van der Waals surface area contributed by atoms with E-state index in [1.165, 1.54) is 11.8 Å². The number of rotatable bonds is 13. The number of hydrogen-bond acceptors (Lipinski definition) is 6. The van der Waals surface area contributed by atoms with Crippen LogP contribution < -0.4 is 19.1 Å². The van der Waals surface area contributed by atoms with Gasteiger partial charge in [0.2, 0.25) is 28.6 Å². The molecule has 1 heterocycles. The average Bonchev–Trinajstić information content (AvgIpc) is 3.45. The zero-order chi connectivity index (χ0) is 30.3. The van der Waals surface area contributed by atoms with Crippen LogP contribution in [0.25, 0.3) is 0 Å². The number of ether oxygens (including phenoxy) is 2. The molecule has 0 radical (unpaired) electrons. The summed E-state index contributed by atoms with van der Waals surface area (Å²) in [4.78, 5) is 29.5. The first kappa shape index (κ1) is 30.9. The molecular formula is C32H39N3O6S. The lowest BCUT2D eigenvalue weighted by molar-refractivity contribution is -0.140. The van der Waals surface area contributed by atoms with E-state index < -0.39 is 28.5 Å². The van der Waals surface area contributed by atoms with E-state index in [0.29, 0.717) is 18.0 Å². The van der Waals surface area contributed by atoms with Crippen LogP contribution in [0.2, 0.25) is 0 Å². The minimum Gasteiger partial charge on any atom is -0.454 e. The maximum Gasteiger partial charge on any atom is 0.244 e. The monoisotopic (exact) mass is 593 g/mol. The van der Waals surface area contributed by atoms with Crippen molar-refractivity contribution in [1.82, 2.24) is 10.2 Å². The van der Waals surface area contributed by atoms with Gasteiger partial charge in [0.05, 0.1) is 11.4 Å². The van der Waals surface area contributed by atoms with Gasteiger partial charge in [0.15, 0.2) is 11.5 Å². The minimum atomic E-state index is -3.88. The summed E-state index contributed by atoms with van der Waals surface area (Å²) in [6.07, 6.45) is 0.271. The molecule has 0 aliphatic carbocycles. The molecule has 1 N–H and O–H groups in total. The smallest absolute Gasteiger partial charge is 0.244 e. The summed E-state index contributed by atoms with van der Waals surface area (Å²) in [6.45, 7) is 7.62. The van der Waals surface area contributed by atoms with Crippen LogP contribution in [-0.2, 0) is 32.6 Å². The van der Waals surface area contributed by atoms with Gasteiger partial charge in [0.1, 0.15) is 12.6 Å². The van der Waals surface area contributed by atoms with Crippen LogP contribution in [0.4, 0.5) is 5.69 Å². The lowest BCUT2D eigenvalue weighted by Gasteiger charge is -2.34. The molecule has 0 bridgehead atoms.